The minimum absolute atomic E-state index is 0.0951. The molecule has 2 aromatic rings. The lowest BCUT2D eigenvalue weighted by atomic mass is 9.59. The average Bonchev–Trinajstić information content (AvgIpc) is 2.65. The van der Waals surface area contributed by atoms with Crippen LogP contribution in [0.1, 0.15) is 37.0 Å². The van der Waals surface area contributed by atoms with E-state index >= 15 is 0 Å². The fraction of sp³-hybridized carbons (Fsp3) is 0.455. The van der Waals surface area contributed by atoms with Crippen molar-refractivity contribution in [2.24, 2.45) is 5.92 Å². The number of pyridine rings is 1. The molecule has 136 valence electrons. The van der Waals surface area contributed by atoms with E-state index in [0.717, 1.165) is 30.7 Å². The summed E-state index contributed by atoms with van der Waals surface area (Å²) in [6, 6.07) is 10.6. The number of rotatable bonds is 3. The number of hydrogen-bond donors (Lipinski definition) is 0. The van der Waals surface area contributed by atoms with Gasteiger partial charge in [0, 0.05) is 25.0 Å². The van der Waals surface area contributed by atoms with Gasteiger partial charge in [0.1, 0.15) is 5.75 Å². The topological polar surface area (TPSA) is 42.4 Å². The summed E-state index contributed by atoms with van der Waals surface area (Å²) in [6.07, 6.45) is 5.88. The normalized spacial score (nSPS) is 27.0. The molecule has 4 rings (SSSR count). The van der Waals surface area contributed by atoms with Crippen LogP contribution >= 0.6 is 0 Å². The van der Waals surface area contributed by atoms with Gasteiger partial charge in [-0.1, -0.05) is 26.0 Å². The van der Waals surface area contributed by atoms with Crippen LogP contribution in [-0.4, -0.2) is 35.5 Å². The monoisotopic (exact) mass is 350 g/mol. The second-order valence-electron chi connectivity index (χ2n) is 7.88. The standard InChI is InChI=1S/C22H26N2O2/c1-15-20-12-17-6-7-18(26-3)13-19(17)22(15,2)8-10-24(20)21(25)11-16-5-4-9-23-14-16/h4-7,9,13-15,20H,8,10-12H2,1-3H3/t15-,20+,22+/m0/s1. The van der Waals surface area contributed by atoms with Crippen molar-refractivity contribution >= 4 is 5.91 Å². The van der Waals surface area contributed by atoms with Gasteiger partial charge in [-0.15, -0.1) is 0 Å². The molecular weight excluding hydrogens is 324 g/mol. The minimum atomic E-state index is 0.0951. The maximum Gasteiger partial charge on any atom is 0.227 e. The second kappa shape index (κ2) is 6.42. The number of hydrogen-bond acceptors (Lipinski definition) is 3. The molecule has 0 N–H and O–H groups in total. The van der Waals surface area contributed by atoms with Crippen molar-refractivity contribution in [2.75, 3.05) is 13.7 Å². The van der Waals surface area contributed by atoms with Crippen LogP contribution < -0.4 is 4.74 Å². The highest BCUT2D eigenvalue weighted by molar-refractivity contribution is 5.79. The zero-order chi connectivity index (χ0) is 18.3. The summed E-state index contributed by atoms with van der Waals surface area (Å²) >= 11 is 0. The Morgan fingerprint density at radius 3 is 2.96 bits per heavy atom. The third-order valence-corrected chi connectivity index (χ3v) is 6.61. The fourth-order valence-corrected chi connectivity index (χ4v) is 4.81. The molecule has 1 aromatic carbocycles. The van der Waals surface area contributed by atoms with Gasteiger partial charge >= 0.3 is 0 Å². The van der Waals surface area contributed by atoms with Gasteiger partial charge in [-0.25, -0.2) is 0 Å². The molecule has 1 fully saturated rings. The number of piperidine rings is 1. The molecule has 0 saturated carbocycles. The van der Waals surface area contributed by atoms with Gasteiger partial charge in [0.15, 0.2) is 0 Å². The van der Waals surface area contributed by atoms with E-state index in [1.54, 1.807) is 19.5 Å². The molecule has 1 aliphatic carbocycles. The maximum atomic E-state index is 13.0. The van der Waals surface area contributed by atoms with E-state index in [-0.39, 0.29) is 17.4 Å². The number of aromatic nitrogens is 1. The van der Waals surface area contributed by atoms with Gasteiger partial charge < -0.3 is 9.64 Å². The quantitative estimate of drug-likeness (QED) is 0.852. The van der Waals surface area contributed by atoms with E-state index < -0.39 is 0 Å². The molecule has 4 nitrogen and oxygen atoms in total. The highest BCUT2D eigenvalue weighted by Crippen LogP contribution is 2.49. The van der Waals surface area contributed by atoms with Crippen LogP contribution in [0, 0.1) is 5.92 Å². The Balaban J connectivity index is 1.62. The molecule has 0 unspecified atom stereocenters. The van der Waals surface area contributed by atoms with Crippen molar-refractivity contribution in [3.8, 4) is 5.75 Å². The molecule has 1 saturated heterocycles. The lowest BCUT2D eigenvalue weighted by Crippen LogP contribution is -2.59. The summed E-state index contributed by atoms with van der Waals surface area (Å²) < 4.78 is 5.45. The lowest BCUT2D eigenvalue weighted by molar-refractivity contribution is -0.137. The lowest BCUT2D eigenvalue weighted by Gasteiger charge is -2.54. The van der Waals surface area contributed by atoms with Crippen LogP contribution in [0.4, 0.5) is 0 Å². The van der Waals surface area contributed by atoms with E-state index in [1.807, 2.05) is 18.2 Å². The molecular formula is C22H26N2O2. The molecule has 2 heterocycles. The molecule has 0 radical (unpaired) electrons. The Hall–Kier alpha value is -2.36. The first-order valence-corrected chi connectivity index (χ1v) is 9.38. The number of carbonyl (C=O) groups excluding carboxylic acids is 1. The van der Waals surface area contributed by atoms with Crippen LogP contribution in [0.5, 0.6) is 5.75 Å². The molecule has 2 aliphatic rings. The van der Waals surface area contributed by atoms with Gasteiger partial charge in [-0.05, 0) is 59.1 Å². The summed E-state index contributed by atoms with van der Waals surface area (Å²) in [4.78, 5) is 19.3. The molecule has 26 heavy (non-hydrogen) atoms. The van der Waals surface area contributed by atoms with E-state index in [0.29, 0.717) is 12.3 Å². The molecule has 1 amide bonds. The minimum Gasteiger partial charge on any atom is -0.497 e. The number of carbonyl (C=O) groups is 1. The Morgan fingerprint density at radius 2 is 2.23 bits per heavy atom. The third kappa shape index (κ3) is 2.68. The summed E-state index contributed by atoms with van der Waals surface area (Å²) in [5, 5.41) is 0. The van der Waals surface area contributed by atoms with Gasteiger partial charge in [-0.2, -0.15) is 0 Å². The first-order chi connectivity index (χ1) is 12.5. The summed E-state index contributed by atoms with van der Waals surface area (Å²) in [7, 11) is 1.72. The fourth-order valence-electron chi connectivity index (χ4n) is 4.81. The molecule has 3 atom stereocenters. The van der Waals surface area contributed by atoms with Crippen molar-refractivity contribution in [1.29, 1.82) is 0 Å². The number of amides is 1. The van der Waals surface area contributed by atoms with Crippen LogP contribution in [0.3, 0.4) is 0 Å². The van der Waals surface area contributed by atoms with Gasteiger partial charge in [-0.3, -0.25) is 9.78 Å². The van der Waals surface area contributed by atoms with Crippen LogP contribution in [0.2, 0.25) is 0 Å². The summed E-state index contributed by atoms with van der Waals surface area (Å²) in [6.45, 7) is 5.48. The number of ether oxygens (including phenoxy) is 1. The zero-order valence-corrected chi connectivity index (χ0v) is 15.7. The number of nitrogens with zero attached hydrogens (tertiary/aromatic N) is 2. The molecule has 1 aromatic heterocycles. The van der Waals surface area contributed by atoms with Crippen molar-refractivity contribution in [2.45, 2.75) is 44.6 Å². The Labute approximate surface area is 155 Å². The molecule has 4 heteroatoms. The maximum absolute atomic E-state index is 13.0. The van der Waals surface area contributed by atoms with Crippen LogP contribution in [0.25, 0.3) is 0 Å². The molecule has 1 aliphatic heterocycles. The van der Waals surface area contributed by atoms with E-state index in [2.05, 4.69) is 35.9 Å². The number of fused-ring (bicyclic) bond motifs is 4. The van der Waals surface area contributed by atoms with Crippen molar-refractivity contribution in [3.05, 3.63) is 59.4 Å². The Morgan fingerprint density at radius 1 is 1.38 bits per heavy atom. The predicted molar refractivity (Wildman–Crippen MR) is 101 cm³/mol. The van der Waals surface area contributed by atoms with E-state index in [9.17, 15) is 4.79 Å². The Kier molecular flexibility index (Phi) is 4.22. The summed E-state index contributed by atoms with van der Waals surface area (Å²) in [5.41, 5.74) is 3.84. The zero-order valence-electron chi connectivity index (χ0n) is 15.7. The second-order valence-corrected chi connectivity index (χ2v) is 7.88. The smallest absolute Gasteiger partial charge is 0.227 e. The predicted octanol–water partition coefficient (Wildman–Crippen LogP) is 3.38. The molecule has 2 bridgehead atoms. The number of benzene rings is 1. The van der Waals surface area contributed by atoms with Gasteiger partial charge in [0.25, 0.3) is 0 Å². The highest BCUT2D eigenvalue weighted by Gasteiger charge is 2.49. The first-order valence-electron chi connectivity index (χ1n) is 9.38. The average molecular weight is 350 g/mol. The number of likely N-dealkylation sites (tertiary alicyclic amines) is 1. The highest BCUT2D eigenvalue weighted by atomic mass is 16.5. The van der Waals surface area contributed by atoms with Crippen molar-refractivity contribution in [1.82, 2.24) is 9.88 Å². The Bertz CT molecular complexity index is 820. The molecule has 0 spiro atoms. The van der Waals surface area contributed by atoms with Gasteiger partial charge in [0.2, 0.25) is 5.91 Å². The van der Waals surface area contributed by atoms with Crippen molar-refractivity contribution in [3.63, 3.8) is 0 Å². The van der Waals surface area contributed by atoms with Crippen LogP contribution in [0.15, 0.2) is 42.7 Å². The van der Waals surface area contributed by atoms with E-state index in [4.69, 9.17) is 4.74 Å². The summed E-state index contributed by atoms with van der Waals surface area (Å²) in [5.74, 6) is 1.56. The van der Waals surface area contributed by atoms with E-state index in [1.165, 1.54) is 11.1 Å². The van der Waals surface area contributed by atoms with Crippen molar-refractivity contribution < 1.29 is 9.53 Å². The van der Waals surface area contributed by atoms with Gasteiger partial charge in [0.05, 0.1) is 13.5 Å². The largest absolute Gasteiger partial charge is 0.497 e. The number of methoxy groups -OCH3 is 1. The first kappa shape index (κ1) is 17.1. The van der Waals surface area contributed by atoms with Crippen LogP contribution in [-0.2, 0) is 23.1 Å². The third-order valence-electron chi connectivity index (χ3n) is 6.61. The SMILES string of the molecule is COc1ccc2c(c1)[C@]1(C)CCN(C(=O)Cc3cccnc3)[C@H](C2)[C@@H]1C.